The van der Waals surface area contributed by atoms with Gasteiger partial charge in [0.2, 0.25) is 0 Å². The molecule has 0 unspecified atom stereocenters. The lowest BCUT2D eigenvalue weighted by atomic mass is 10.3. The Labute approximate surface area is 99.1 Å². The highest BCUT2D eigenvalue weighted by Gasteiger charge is 2.09. The molecule has 0 aliphatic rings. The maximum absolute atomic E-state index is 6.10. The Balaban J connectivity index is 2.46. The summed E-state index contributed by atoms with van der Waals surface area (Å²) in [4.78, 5) is 8.51. The molecule has 0 aliphatic heterocycles. The van der Waals surface area contributed by atoms with Crippen LogP contribution >= 0.6 is 11.6 Å². The molecule has 2 heterocycles. The SMILES string of the molecule is CCCc1nccn1-c1ncc(N)cc1Cl. The molecule has 2 rings (SSSR count). The van der Waals surface area contributed by atoms with Gasteiger partial charge in [-0.15, -0.1) is 0 Å². The molecule has 16 heavy (non-hydrogen) atoms. The van der Waals surface area contributed by atoms with Crippen LogP contribution in [-0.4, -0.2) is 14.5 Å². The lowest BCUT2D eigenvalue weighted by Crippen LogP contribution is -2.03. The van der Waals surface area contributed by atoms with Crippen LogP contribution in [0.15, 0.2) is 24.7 Å². The van der Waals surface area contributed by atoms with Crippen molar-refractivity contribution < 1.29 is 0 Å². The van der Waals surface area contributed by atoms with Crippen molar-refractivity contribution >= 4 is 17.3 Å². The summed E-state index contributed by atoms with van der Waals surface area (Å²) in [7, 11) is 0. The highest BCUT2D eigenvalue weighted by molar-refractivity contribution is 6.32. The Morgan fingerprint density at radius 3 is 2.94 bits per heavy atom. The Morgan fingerprint density at radius 1 is 1.44 bits per heavy atom. The first-order chi connectivity index (χ1) is 7.72. The van der Waals surface area contributed by atoms with Gasteiger partial charge in [-0.3, -0.25) is 4.57 Å². The van der Waals surface area contributed by atoms with Crippen LogP contribution in [0.1, 0.15) is 19.2 Å². The molecule has 2 N–H and O–H groups in total. The van der Waals surface area contributed by atoms with E-state index in [0.29, 0.717) is 16.5 Å². The van der Waals surface area contributed by atoms with Crippen LogP contribution in [0.5, 0.6) is 0 Å². The molecule has 0 amide bonds. The number of pyridine rings is 1. The molecule has 0 atom stereocenters. The van der Waals surface area contributed by atoms with Crippen molar-refractivity contribution in [2.24, 2.45) is 0 Å². The lowest BCUT2D eigenvalue weighted by molar-refractivity contribution is 0.798. The van der Waals surface area contributed by atoms with Crippen molar-refractivity contribution in [2.75, 3.05) is 5.73 Å². The van der Waals surface area contributed by atoms with Crippen molar-refractivity contribution in [2.45, 2.75) is 19.8 Å². The summed E-state index contributed by atoms with van der Waals surface area (Å²) < 4.78 is 1.89. The molecule has 0 spiro atoms. The molecule has 0 saturated heterocycles. The molecule has 0 aromatic carbocycles. The Morgan fingerprint density at radius 2 is 2.25 bits per heavy atom. The molecule has 2 aromatic heterocycles. The molecule has 0 aliphatic carbocycles. The monoisotopic (exact) mass is 236 g/mol. The fourth-order valence-corrected chi connectivity index (χ4v) is 1.82. The van der Waals surface area contributed by atoms with E-state index in [1.54, 1.807) is 18.5 Å². The van der Waals surface area contributed by atoms with Crippen molar-refractivity contribution in [3.05, 3.63) is 35.5 Å². The summed E-state index contributed by atoms with van der Waals surface area (Å²) in [6.07, 6.45) is 7.13. The number of hydrogen-bond acceptors (Lipinski definition) is 3. The van der Waals surface area contributed by atoms with Gasteiger partial charge in [-0.2, -0.15) is 0 Å². The van der Waals surface area contributed by atoms with Gasteiger partial charge >= 0.3 is 0 Å². The zero-order valence-corrected chi connectivity index (χ0v) is 9.78. The number of nitrogens with two attached hydrogens (primary N) is 1. The molecular formula is C11H13ClN4. The van der Waals surface area contributed by atoms with Crippen LogP contribution in [0.4, 0.5) is 5.69 Å². The zero-order chi connectivity index (χ0) is 11.5. The third kappa shape index (κ3) is 2.02. The number of anilines is 1. The van der Waals surface area contributed by atoms with E-state index in [9.17, 15) is 0 Å². The van der Waals surface area contributed by atoms with E-state index in [1.165, 1.54) is 0 Å². The minimum atomic E-state index is 0.537. The highest BCUT2D eigenvalue weighted by Crippen LogP contribution is 2.21. The van der Waals surface area contributed by atoms with Crippen molar-refractivity contribution in [1.82, 2.24) is 14.5 Å². The summed E-state index contributed by atoms with van der Waals surface area (Å²) in [5, 5.41) is 0.537. The predicted molar refractivity (Wildman–Crippen MR) is 64.8 cm³/mol. The minimum absolute atomic E-state index is 0.537. The van der Waals surface area contributed by atoms with Crippen LogP contribution in [0, 0.1) is 0 Å². The quantitative estimate of drug-likeness (QED) is 0.891. The van der Waals surface area contributed by atoms with E-state index in [1.807, 2.05) is 10.8 Å². The Kier molecular flexibility index (Phi) is 3.10. The van der Waals surface area contributed by atoms with Gasteiger partial charge in [0.15, 0.2) is 5.82 Å². The van der Waals surface area contributed by atoms with Gasteiger partial charge in [-0.25, -0.2) is 9.97 Å². The third-order valence-corrected chi connectivity index (χ3v) is 2.54. The van der Waals surface area contributed by atoms with Gasteiger partial charge in [0.25, 0.3) is 0 Å². The van der Waals surface area contributed by atoms with E-state index < -0.39 is 0 Å². The molecular weight excluding hydrogens is 224 g/mol. The average molecular weight is 237 g/mol. The third-order valence-electron chi connectivity index (χ3n) is 2.26. The first kappa shape index (κ1) is 11.0. The van der Waals surface area contributed by atoms with Crippen LogP contribution in [0.2, 0.25) is 5.02 Å². The van der Waals surface area contributed by atoms with Crippen LogP contribution in [0.3, 0.4) is 0 Å². The number of halogens is 1. The summed E-state index contributed by atoms with van der Waals surface area (Å²) in [6, 6.07) is 1.69. The molecule has 0 bridgehead atoms. The number of nitrogens with zero attached hydrogens (tertiary/aromatic N) is 3. The van der Waals surface area contributed by atoms with E-state index in [-0.39, 0.29) is 0 Å². The molecule has 2 aromatic rings. The molecule has 84 valence electrons. The minimum Gasteiger partial charge on any atom is -0.397 e. The van der Waals surface area contributed by atoms with Crippen molar-refractivity contribution in [3.8, 4) is 5.82 Å². The van der Waals surface area contributed by atoms with Gasteiger partial charge in [0, 0.05) is 18.8 Å². The second kappa shape index (κ2) is 4.53. The molecule has 0 radical (unpaired) electrons. The second-order valence-corrected chi connectivity index (χ2v) is 3.94. The fourth-order valence-electron chi connectivity index (χ4n) is 1.56. The predicted octanol–water partition coefficient (Wildman–Crippen LogP) is 2.46. The van der Waals surface area contributed by atoms with Gasteiger partial charge < -0.3 is 5.73 Å². The lowest BCUT2D eigenvalue weighted by Gasteiger charge is -2.08. The standard InChI is InChI=1S/C11H13ClN4/c1-2-3-10-14-4-5-16(10)11-9(12)6-8(13)7-15-11/h4-7H,2-3,13H2,1H3. The van der Waals surface area contributed by atoms with Gasteiger partial charge in [0.1, 0.15) is 5.82 Å². The smallest absolute Gasteiger partial charge is 0.157 e. The van der Waals surface area contributed by atoms with E-state index in [0.717, 1.165) is 18.7 Å². The maximum atomic E-state index is 6.10. The van der Waals surface area contributed by atoms with E-state index in [4.69, 9.17) is 17.3 Å². The summed E-state index contributed by atoms with van der Waals surface area (Å²) in [5.74, 6) is 1.64. The first-order valence-electron chi connectivity index (χ1n) is 5.16. The fraction of sp³-hybridized carbons (Fsp3) is 0.273. The van der Waals surface area contributed by atoms with Crippen molar-refractivity contribution in [3.63, 3.8) is 0 Å². The van der Waals surface area contributed by atoms with Crippen LogP contribution < -0.4 is 5.73 Å². The topological polar surface area (TPSA) is 56.7 Å². The zero-order valence-electron chi connectivity index (χ0n) is 9.02. The first-order valence-corrected chi connectivity index (χ1v) is 5.53. The largest absolute Gasteiger partial charge is 0.397 e. The van der Waals surface area contributed by atoms with Gasteiger partial charge in [0.05, 0.1) is 16.9 Å². The summed E-state index contributed by atoms with van der Waals surface area (Å²) in [5.41, 5.74) is 6.17. The highest BCUT2D eigenvalue weighted by atomic mass is 35.5. The van der Waals surface area contributed by atoms with Crippen LogP contribution in [-0.2, 0) is 6.42 Å². The molecule has 5 heteroatoms. The Hall–Kier alpha value is -1.55. The molecule has 0 saturated carbocycles. The number of imidazole rings is 1. The van der Waals surface area contributed by atoms with Crippen molar-refractivity contribution in [1.29, 1.82) is 0 Å². The Bertz CT molecular complexity index is 492. The van der Waals surface area contributed by atoms with Crippen LogP contribution in [0.25, 0.3) is 5.82 Å². The molecule has 4 nitrogen and oxygen atoms in total. The number of hydrogen-bond donors (Lipinski definition) is 1. The number of nitrogen functional groups attached to an aromatic ring is 1. The van der Waals surface area contributed by atoms with Gasteiger partial charge in [-0.1, -0.05) is 18.5 Å². The van der Waals surface area contributed by atoms with E-state index in [2.05, 4.69) is 16.9 Å². The normalized spacial score (nSPS) is 10.6. The molecule has 0 fully saturated rings. The van der Waals surface area contributed by atoms with E-state index >= 15 is 0 Å². The van der Waals surface area contributed by atoms with Gasteiger partial charge in [-0.05, 0) is 12.5 Å². The summed E-state index contributed by atoms with van der Waals surface area (Å²) >= 11 is 6.10. The average Bonchev–Trinajstić information content (AvgIpc) is 2.67. The number of rotatable bonds is 3. The second-order valence-electron chi connectivity index (χ2n) is 3.54. The number of aromatic nitrogens is 3. The maximum Gasteiger partial charge on any atom is 0.157 e. The number of aryl methyl sites for hydroxylation is 1. The summed E-state index contributed by atoms with van der Waals surface area (Å²) in [6.45, 7) is 2.11.